The molecule has 0 aliphatic rings. The molecule has 0 aliphatic carbocycles. The van der Waals surface area contributed by atoms with Crippen molar-refractivity contribution in [1.29, 1.82) is 0 Å². The summed E-state index contributed by atoms with van der Waals surface area (Å²) < 4.78 is 13.8. The summed E-state index contributed by atoms with van der Waals surface area (Å²) in [5.41, 5.74) is 0.515. The number of hydrogen-bond donors (Lipinski definition) is 1. The smallest absolute Gasteiger partial charge is 0.303 e. The molecule has 0 saturated heterocycles. The number of carbonyl (C=O) groups is 1. The zero-order valence-electron chi connectivity index (χ0n) is 11.7. The predicted molar refractivity (Wildman–Crippen MR) is 78.5 cm³/mol. The van der Waals surface area contributed by atoms with Crippen LogP contribution < -0.4 is 0 Å². The highest BCUT2D eigenvalue weighted by atomic mass is 35.5. The van der Waals surface area contributed by atoms with Crippen LogP contribution in [-0.2, 0) is 11.3 Å². The maximum atomic E-state index is 13.8. The van der Waals surface area contributed by atoms with Gasteiger partial charge in [0.25, 0.3) is 0 Å². The van der Waals surface area contributed by atoms with E-state index in [-0.39, 0.29) is 12.2 Å². The molecule has 0 aromatic heterocycles. The molecule has 1 rings (SSSR count). The summed E-state index contributed by atoms with van der Waals surface area (Å²) in [5.74, 6) is -1.06. The summed E-state index contributed by atoms with van der Waals surface area (Å²) in [6, 6.07) is 4.70. The summed E-state index contributed by atoms with van der Waals surface area (Å²) in [5, 5.41) is 9.05. The van der Waals surface area contributed by atoms with Gasteiger partial charge in [-0.05, 0) is 44.5 Å². The maximum Gasteiger partial charge on any atom is 0.303 e. The van der Waals surface area contributed by atoms with E-state index in [9.17, 15) is 9.18 Å². The lowest BCUT2D eigenvalue weighted by Crippen LogP contribution is -2.26. The summed E-state index contributed by atoms with van der Waals surface area (Å²) in [7, 11) is 0. The number of carboxylic acid groups (broad SMARTS) is 1. The fourth-order valence-corrected chi connectivity index (χ4v) is 2.33. The van der Waals surface area contributed by atoms with Gasteiger partial charge in [0, 0.05) is 23.6 Å². The van der Waals surface area contributed by atoms with Crippen LogP contribution in [-0.4, -0.2) is 29.1 Å². The number of carboxylic acids is 1. The molecule has 3 nitrogen and oxygen atoms in total. The predicted octanol–water partition coefficient (Wildman–Crippen LogP) is 3.95. The Kier molecular flexibility index (Phi) is 7.55. The molecule has 1 N–H and O–H groups in total. The number of nitrogens with zero attached hydrogens (tertiary/aromatic N) is 1. The second-order valence-corrected chi connectivity index (χ2v) is 5.23. The van der Waals surface area contributed by atoms with Crippen molar-refractivity contribution in [3.63, 3.8) is 0 Å². The van der Waals surface area contributed by atoms with Gasteiger partial charge in [-0.2, -0.15) is 0 Å². The summed E-state index contributed by atoms with van der Waals surface area (Å²) in [6.07, 6.45) is 2.57. The van der Waals surface area contributed by atoms with Crippen molar-refractivity contribution in [2.24, 2.45) is 0 Å². The fourth-order valence-electron chi connectivity index (χ4n) is 2.10. The van der Waals surface area contributed by atoms with Crippen LogP contribution in [0.4, 0.5) is 4.39 Å². The third-order valence-corrected chi connectivity index (χ3v) is 3.45. The molecule has 0 unspecified atom stereocenters. The molecule has 0 saturated carbocycles. The average Bonchev–Trinajstić information content (AvgIpc) is 2.38. The highest BCUT2D eigenvalue weighted by molar-refractivity contribution is 6.31. The number of benzene rings is 1. The van der Waals surface area contributed by atoms with Gasteiger partial charge in [0.1, 0.15) is 5.82 Å². The molecule has 0 heterocycles. The topological polar surface area (TPSA) is 40.5 Å². The van der Waals surface area contributed by atoms with Crippen molar-refractivity contribution >= 4 is 17.6 Å². The van der Waals surface area contributed by atoms with Gasteiger partial charge in [0.05, 0.1) is 0 Å². The number of aliphatic carboxylic acids is 1. The van der Waals surface area contributed by atoms with E-state index in [2.05, 4.69) is 11.8 Å². The van der Waals surface area contributed by atoms with Crippen LogP contribution in [0.2, 0.25) is 5.02 Å². The summed E-state index contributed by atoms with van der Waals surface area (Å²) in [6.45, 7) is 4.13. The van der Waals surface area contributed by atoms with Gasteiger partial charge in [0.2, 0.25) is 0 Å². The Labute approximate surface area is 124 Å². The largest absolute Gasteiger partial charge is 0.481 e. The molecule has 112 valence electrons. The average molecular weight is 302 g/mol. The third-order valence-electron chi connectivity index (χ3n) is 3.10. The number of rotatable bonds is 9. The lowest BCUT2D eigenvalue weighted by atomic mass is 10.1. The molecule has 0 atom stereocenters. The van der Waals surface area contributed by atoms with E-state index in [0.29, 0.717) is 23.6 Å². The van der Waals surface area contributed by atoms with E-state index < -0.39 is 5.97 Å². The second-order valence-electron chi connectivity index (χ2n) is 4.83. The zero-order chi connectivity index (χ0) is 15.0. The van der Waals surface area contributed by atoms with Crippen LogP contribution >= 0.6 is 11.6 Å². The third kappa shape index (κ3) is 5.88. The van der Waals surface area contributed by atoms with Gasteiger partial charge in [-0.1, -0.05) is 24.6 Å². The fraction of sp³-hybridized carbons (Fsp3) is 0.533. The highest BCUT2D eigenvalue weighted by Gasteiger charge is 2.12. The van der Waals surface area contributed by atoms with E-state index in [1.165, 1.54) is 6.07 Å². The van der Waals surface area contributed by atoms with Crippen molar-refractivity contribution in [3.05, 3.63) is 34.6 Å². The normalized spacial score (nSPS) is 11.0. The molecule has 0 amide bonds. The molecule has 0 bridgehead atoms. The van der Waals surface area contributed by atoms with Crippen LogP contribution in [0, 0.1) is 5.82 Å². The van der Waals surface area contributed by atoms with E-state index in [4.69, 9.17) is 16.7 Å². The van der Waals surface area contributed by atoms with Crippen molar-refractivity contribution in [1.82, 2.24) is 4.90 Å². The van der Waals surface area contributed by atoms with Gasteiger partial charge < -0.3 is 5.11 Å². The first-order valence-electron chi connectivity index (χ1n) is 6.91. The standard InChI is InChI=1S/C15H21ClFNO2/c1-2-9-18(10-4-3-8-15(19)20)11-12-13(16)6-5-7-14(12)17/h5-7H,2-4,8-11H2,1H3,(H,19,20). The Morgan fingerprint density at radius 2 is 2.10 bits per heavy atom. The number of halogens is 2. The zero-order valence-corrected chi connectivity index (χ0v) is 12.5. The summed E-state index contributed by atoms with van der Waals surface area (Å²) in [4.78, 5) is 12.6. The molecule has 20 heavy (non-hydrogen) atoms. The van der Waals surface area contributed by atoms with Crippen molar-refractivity contribution < 1.29 is 14.3 Å². The Morgan fingerprint density at radius 1 is 1.35 bits per heavy atom. The Balaban J connectivity index is 2.55. The minimum absolute atomic E-state index is 0.181. The first kappa shape index (κ1) is 16.9. The SMILES string of the molecule is CCCN(CCCCC(=O)O)Cc1c(F)cccc1Cl. The quantitative estimate of drug-likeness (QED) is 0.702. The van der Waals surface area contributed by atoms with Gasteiger partial charge in [-0.3, -0.25) is 9.69 Å². The molecular formula is C15H21ClFNO2. The van der Waals surface area contributed by atoms with Gasteiger partial charge in [0.15, 0.2) is 0 Å². The Hall–Kier alpha value is -1.13. The van der Waals surface area contributed by atoms with E-state index in [1.54, 1.807) is 12.1 Å². The molecule has 1 aromatic carbocycles. The van der Waals surface area contributed by atoms with E-state index in [0.717, 1.165) is 25.9 Å². The number of unbranched alkanes of at least 4 members (excludes halogenated alkanes) is 1. The van der Waals surface area contributed by atoms with Crippen LogP contribution in [0.15, 0.2) is 18.2 Å². The van der Waals surface area contributed by atoms with Crippen LogP contribution in [0.3, 0.4) is 0 Å². The van der Waals surface area contributed by atoms with Crippen LogP contribution in [0.1, 0.15) is 38.2 Å². The van der Waals surface area contributed by atoms with Crippen molar-refractivity contribution in [2.45, 2.75) is 39.2 Å². The second kappa shape index (κ2) is 8.93. The molecule has 0 aliphatic heterocycles. The van der Waals surface area contributed by atoms with E-state index in [1.807, 2.05) is 0 Å². The van der Waals surface area contributed by atoms with E-state index >= 15 is 0 Å². The first-order valence-corrected chi connectivity index (χ1v) is 7.29. The molecule has 0 radical (unpaired) electrons. The first-order chi connectivity index (χ1) is 9.54. The minimum Gasteiger partial charge on any atom is -0.481 e. The monoisotopic (exact) mass is 301 g/mol. The lowest BCUT2D eigenvalue weighted by Gasteiger charge is -2.22. The highest BCUT2D eigenvalue weighted by Crippen LogP contribution is 2.21. The van der Waals surface area contributed by atoms with Gasteiger partial charge in [-0.15, -0.1) is 0 Å². The van der Waals surface area contributed by atoms with Crippen molar-refractivity contribution in [2.75, 3.05) is 13.1 Å². The van der Waals surface area contributed by atoms with Gasteiger partial charge >= 0.3 is 5.97 Å². The molecular weight excluding hydrogens is 281 g/mol. The van der Waals surface area contributed by atoms with Crippen LogP contribution in [0.25, 0.3) is 0 Å². The van der Waals surface area contributed by atoms with Crippen molar-refractivity contribution in [3.8, 4) is 0 Å². The Bertz CT molecular complexity index is 420. The summed E-state index contributed by atoms with van der Waals surface area (Å²) >= 11 is 6.03. The maximum absolute atomic E-state index is 13.8. The number of hydrogen-bond acceptors (Lipinski definition) is 2. The molecule has 5 heteroatoms. The van der Waals surface area contributed by atoms with Gasteiger partial charge in [-0.25, -0.2) is 4.39 Å². The minimum atomic E-state index is -0.774. The lowest BCUT2D eigenvalue weighted by molar-refractivity contribution is -0.137. The molecule has 1 aromatic rings. The molecule has 0 fully saturated rings. The Morgan fingerprint density at radius 3 is 2.70 bits per heavy atom. The van der Waals surface area contributed by atoms with Crippen LogP contribution in [0.5, 0.6) is 0 Å². The molecule has 0 spiro atoms.